The maximum atomic E-state index is 12.3. The third-order valence-electron chi connectivity index (χ3n) is 4.46. The smallest absolute Gasteiger partial charge is 0.269 e. The largest absolute Gasteiger partial charge is 0.497 e. The van der Waals surface area contributed by atoms with E-state index in [1.807, 2.05) is 24.3 Å². The topological polar surface area (TPSA) is 70.2 Å². The third kappa shape index (κ3) is 3.94. The molecule has 2 aromatic rings. The van der Waals surface area contributed by atoms with E-state index in [0.717, 1.165) is 30.1 Å². The van der Waals surface area contributed by atoms with Gasteiger partial charge in [0.1, 0.15) is 11.4 Å². The van der Waals surface area contributed by atoms with Gasteiger partial charge in [0, 0.05) is 18.7 Å². The number of nitrogens with zero attached hydrogens (tertiary/aromatic N) is 2. The van der Waals surface area contributed by atoms with Crippen molar-refractivity contribution in [1.29, 1.82) is 0 Å². The van der Waals surface area contributed by atoms with Crippen molar-refractivity contribution < 1.29 is 9.53 Å². The van der Waals surface area contributed by atoms with E-state index in [0.29, 0.717) is 18.2 Å². The minimum absolute atomic E-state index is 0.107. The third-order valence-corrected chi connectivity index (χ3v) is 4.46. The zero-order valence-corrected chi connectivity index (χ0v) is 14.2. The molecule has 0 aliphatic carbocycles. The van der Waals surface area contributed by atoms with Gasteiger partial charge in [-0.3, -0.25) is 9.89 Å². The Morgan fingerprint density at radius 1 is 1.46 bits per heavy atom. The van der Waals surface area contributed by atoms with Gasteiger partial charge in [-0.25, -0.2) is 0 Å². The van der Waals surface area contributed by atoms with E-state index in [9.17, 15) is 4.79 Å². The Bertz CT molecular complexity index is 698. The molecule has 6 heteroatoms. The fourth-order valence-corrected chi connectivity index (χ4v) is 3.14. The molecule has 0 radical (unpaired) electrons. The molecule has 3 rings (SSSR count). The standard InChI is InChI=1S/C18H24N4O2/c1-22-8-4-5-13(12-22)11-19-18(23)17-10-16(20-21-17)14-6-3-7-15(9-14)24-2/h3,6-7,9-10,13H,4-5,8,11-12H2,1-2H3,(H,19,23)(H,20,21)/t13-/m1/s1. The summed E-state index contributed by atoms with van der Waals surface area (Å²) in [6, 6.07) is 9.40. The van der Waals surface area contributed by atoms with Gasteiger partial charge in [-0.1, -0.05) is 12.1 Å². The normalized spacial score (nSPS) is 18.3. The van der Waals surface area contributed by atoms with Gasteiger partial charge < -0.3 is 15.0 Å². The summed E-state index contributed by atoms with van der Waals surface area (Å²) in [4.78, 5) is 14.6. The van der Waals surface area contributed by atoms with E-state index >= 15 is 0 Å². The molecule has 6 nitrogen and oxygen atoms in total. The molecule has 2 N–H and O–H groups in total. The summed E-state index contributed by atoms with van der Waals surface area (Å²) in [5.41, 5.74) is 2.13. The molecular formula is C18H24N4O2. The van der Waals surface area contributed by atoms with Gasteiger partial charge in [-0.2, -0.15) is 5.10 Å². The molecule has 0 spiro atoms. The highest BCUT2D eigenvalue weighted by Crippen LogP contribution is 2.22. The minimum Gasteiger partial charge on any atom is -0.497 e. The molecule has 1 aromatic carbocycles. The van der Waals surface area contributed by atoms with Crippen LogP contribution in [0.15, 0.2) is 30.3 Å². The molecule has 0 saturated carbocycles. The SMILES string of the molecule is COc1cccc(-c2cc(C(=O)NC[C@H]3CCCN(C)C3)[nH]n2)c1. The van der Waals surface area contributed by atoms with Gasteiger partial charge in [0.25, 0.3) is 5.91 Å². The Kier molecular flexibility index (Phi) is 5.15. The van der Waals surface area contributed by atoms with Crippen LogP contribution in [0.1, 0.15) is 23.3 Å². The average molecular weight is 328 g/mol. The van der Waals surface area contributed by atoms with Gasteiger partial charge in [-0.15, -0.1) is 0 Å². The van der Waals surface area contributed by atoms with Crippen LogP contribution in [0.3, 0.4) is 0 Å². The highest BCUT2D eigenvalue weighted by molar-refractivity contribution is 5.93. The first-order valence-corrected chi connectivity index (χ1v) is 8.32. The van der Waals surface area contributed by atoms with Crippen LogP contribution in [0.2, 0.25) is 0 Å². The maximum absolute atomic E-state index is 12.3. The van der Waals surface area contributed by atoms with E-state index in [1.165, 1.54) is 12.8 Å². The molecule has 1 aromatic heterocycles. The molecule has 128 valence electrons. The first kappa shape index (κ1) is 16.5. The van der Waals surface area contributed by atoms with E-state index in [2.05, 4.69) is 27.5 Å². The van der Waals surface area contributed by atoms with Crippen molar-refractivity contribution in [3.8, 4) is 17.0 Å². The second-order valence-electron chi connectivity index (χ2n) is 6.38. The Morgan fingerprint density at radius 3 is 3.12 bits per heavy atom. The summed E-state index contributed by atoms with van der Waals surface area (Å²) < 4.78 is 5.22. The number of carbonyl (C=O) groups is 1. The molecule has 2 heterocycles. The number of aromatic nitrogens is 2. The van der Waals surface area contributed by atoms with E-state index in [1.54, 1.807) is 13.2 Å². The quantitative estimate of drug-likeness (QED) is 0.882. The first-order valence-electron chi connectivity index (χ1n) is 8.32. The van der Waals surface area contributed by atoms with Crippen molar-refractivity contribution >= 4 is 5.91 Å². The number of hydrogen-bond donors (Lipinski definition) is 2. The lowest BCUT2D eigenvalue weighted by Crippen LogP contribution is -2.39. The van der Waals surface area contributed by atoms with Crippen LogP contribution in [0.4, 0.5) is 0 Å². The van der Waals surface area contributed by atoms with Crippen LogP contribution in [-0.4, -0.2) is 54.8 Å². The number of nitrogens with one attached hydrogen (secondary N) is 2. The fraction of sp³-hybridized carbons (Fsp3) is 0.444. The number of H-pyrrole nitrogens is 1. The van der Waals surface area contributed by atoms with E-state index < -0.39 is 0 Å². The summed E-state index contributed by atoms with van der Waals surface area (Å²) in [6.07, 6.45) is 2.36. The predicted octanol–water partition coefficient (Wildman–Crippen LogP) is 2.16. The number of piperidine rings is 1. The van der Waals surface area contributed by atoms with E-state index in [-0.39, 0.29) is 5.91 Å². The van der Waals surface area contributed by atoms with Crippen LogP contribution in [0, 0.1) is 5.92 Å². The second kappa shape index (κ2) is 7.49. The van der Waals surface area contributed by atoms with Gasteiger partial charge in [0.2, 0.25) is 0 Å². The van der Waals surface area contributed by atoms with Gasteiger partial charge in [-0.05, 0) is 50.6 Å². The van der Waals surface area contributed by atoms with E-state index in [4.69, 9.17) is 4.74 Å². The molecule has 1 aliphatic heterocycles. The van der Waals surface area contributed by atoms with Crippen molar-refractivity contribution in [3.05, 3.63) is 36.0 Å². The molecular weight excluding hydrogens is 304 g/mol. The number of ether oxygens (including phenoxy) is 1. The first-order chi connectivity index (χ1) is 11.7. The van der Waals surface area contributed by atoms with Crippen molar-refractivity contribution in [2.75, 3.05) is 33.8 Å². The predicted molar refractivity (Wildman–Crippen MR) is 93.1 cm³/mol. The van der Waals surface area contributed by atoms with Gasteiger partial charge in [0.05, 0.1) is 12.8 Å². The zero-order chi connectivity index (χ0) is 16.9. The molecule has 0 bridgehead atoms. The summed E-state index contributed by atoms with van der Waals surface area (Å²) in [5, 5.41) is 10.1. The Morgan fingerprint density at radius 2 is 2.33 bits per heavy atom. The van der Waals surface area contributed by atoms with Gasteiger partial charge in [0.15, 0.2) is 0 Å². The number of methoxy groups -OCH3 is 1. The van der Waals surface area contributed by atoms with Crippen LogP contribution < -0.4 is 10.1 Å². The van der Waals surface area contributed by atoms with Crippen molar-refractivity contribution in [3.63, 3.8) is 0 Å². The fourth-order valence-electron chi connectivity index (χ4n) is 3.14. The lowest BCUT2D eigenvalue weighted by atomic mass is 9.98. The number of rotatable bonds is 5. The number of likely N-dealkylation sites (tertiary alicyclic amines) is 1. The Hall–Kier alpha value is -2.34. The monoisotopic (exact) mass is 328 g/mol. The van der Waals surface area contributed by atoms with Gasteiger partial charge >= 0.3 is 0 Å². The molecule has 1 atom stereocenters. The Labute approximate surface area is 142 Å². The molecule has 1 saturated heterocycles. The Balaban J connectivity index is 1.61. The van der Waals surface area contributed by atoms with Crippen LogP contribution >= 0.6 is 0 Å². The van der Waals surface area contributed by atoms with Crippen molar-refractivity contribution in [1.82, 2.24) is 20.4 Å². The summed E-state index contributed by atoms with van der Waals surface area (Å²) in [5.74, 6) is 1.18. The minimum atomic E-state index is -0.107. The number of hydrogen-bond acceptors (Lipinski definition) is 4. The molecule has 1 fully saturated rings. The van der Waals surface area contributed by atoms with Crippen LogP contribution in [-0.2, 0) is 0 Å². The van der Waals surface area contributed by atoms with Crippen LogP contribution in [0.25, 0.3) is 11.3 Å². The summed E-state index contributed by atoms with van der Waals surface area (Å²) in [7, 11) is 3.76. The maximum Gasteiger partial charge on any atom is 0.269 e. The lowest BCUT2D eigenvalue weighted by molar-refractivity contribution is 0.0932. The van der Waals surface area contributed by atoms with Crippen molar-refractivity contribution in [2.24, 2.45) is 5.92 Å². The highest BCUT2D eigenvalue weighted by Gasteiger charge is 2.18. The molecule has 24 heavy (non-hydrogen) atoms. The summed E-state index contributed by atoms with van der Waals surface area (Å²) in [6.45, 7) is 2.89. The number of aromatic amines is 1. The second-order valence-corrected chi connectivity index (χ2v) is 6.38. The molecule has 0 unspecified atom stereocenters. The molecule has 1 aliphatic rings. The lowest BCUT2D eigenvalue weighted by Gasteiger charge is -2.29. The van der Waals surface area contributed by atoms with Crippen LogP contribution in [0.5, 0.6) is 5.75 Å². The average Bonchev–Trinajstić information content (AvgIpc) is 3.10. The number of carbonyl (C=O) groups excluding carboxylic acids is 1. The van der Waals surface area contributed by atoms with Crippen molar-refractivity contribution in [2.45, 2.75) is 12.8 Å². The zero-order valence-electron chi connectivity index (χ0n) is 14.2. The summed E-state index contributed by atoms with van der Waals surface area (Å²) >= 11 is 0. The molecule has 1 amide bonds. The number of amides is 1. The number of benzene rings is 1. The highest BCUT2D eigenvalue weighted by atomic mass is 16.5.